The maximum Gasteiger partial charge on any atom is 0.341 e. The lowest BCUT2D eigenvalue weighted by atomic mass is 10.0. The molecule has 0 bridgehead atoms. The van der Waals surface area contributed by atoms with Crippen molar-refractivity contribution in [3.05, 3.63) is 47.2 Å². The summed E-state index contributed by atoms with van der Waals surface area (Å²) in [5.74, 6) is -0.0369. The van der Waals surface area contributed by atoms with Gasteiger partial charge in [0.05, 0.1) is 0 Å². The molecule has 7 nitrogen and oxygen atoms in total. The van der Waals surface area contributed by atoms with Crippen LogP contribution in [0, 0.1) is 0 Å². The summed E-state index contributed by atoms with van der Waals surface area (Å²) >= 11 is 1.62. The van der Waals surface area contributed by atoms with Crippen LogP contribution >= 0.6 is 11.8 Å². The largest absolute Gasteiger partial charge is 0.515 e. The van der Waals surface area contributed by atoms with Crippen molar-refractivity contribution in [2.45, 2.75) is 83.3 Å². The zero-order valence-electron chi connectivity index (χ0n) is 23.3. The number of nitrogens with one attached hydrogen (secondary N) is 1. The van der Waals surface area contributed by atoms with Crippen LogP contribution < -0.4 is 4.98 Å². The minimum absolute atomic E-state index is 0.0566. The van der Waals surface area contributed by atoms with E-state index < -0.39 is 42.8 Å². The first kappa shape index (κ1) is 28.9. The zero-order valence-corrected chi connectivity index (χ0v) is 27.1. The van der Waals surface area contributed by atoms with E-state index in [1.807, 2.05) is 61.5 Å². The van der Waals surface area contributed by atoms with Crippen molar-refractivity contribution in [1.82, 2.24) is 14.4 Å². The summed E-state index contributed by atoms with van der Waals surface area (Å²) < 4.78 is 7.66. The maximum atomic E-state index is 14.3. The summed E-state index contributed by atoms with van der Waals surface area (Å²) in [4.78, 5) is 46.4. The van der Waals surface area contributed by atoms with Gasteiger partial charge in [0, 0.05) is 5.75 Å². The van der Waals surface area contributed by atoms with Gasteiger partial charge in [-0.05, 0) is 37.7 Å². The van der Waals surface area contributed by atoms with Gasteiger partial charge in [-0.15, -0.1) is 11.8 Å². The molecule has 198 valence electrons. The first-order valence-electron chi connectivity index (χ1n) is 12.5. The Morgan fingerprint density at radius 3 is 2.14 bits per heavy atom. The van der Waals surface area contributed by atoms with Crippen molar-refractivity contribution >= 4 is 54.3 Å². The summed E-state index contributed by atoms with van der Waals surface area (Å²) in [5, 5.41) is -0.288. The average molecular weight is 564 g/mol. The average Bonchev–Trinajstić information content (AvgIpc) is 2.73. The topological polar surface area (TPSA) is 79.0 Å². The van der Waals surface area contributed by atoms with E-state index in [1.165, 1.54) is 0 Å². The molecule has 1 aromatic carbocycles. The summed E-state index contributed by atoms with van der Waals surface area (Å²) in [6, 6.07) is 8.66. The van der Waals surface area contributed by atoms with Crippen molar-refractivity contribution in [3.63, 3.8) is 0 Å². The number of nitrogens with zero attached hydrogens (tertiary/aromatic N) is 2. The molecule has 0 aliphatic carbocycles. The fourth-order valence-corrected chi connectivity index (χ4v) is 9.69. The molecular formula is C25H41N3O4SSi3. The number of benzene rings is 1. The molecule has 36 heavy (non-hydrogen) atoms. The standard InChI is InChI=1S/C25H41N3O4SSi3/c1-17-16-33-24-21(23(30)27(24)20(17)25(31)32-36(8,9)10)28(35(5,6)7)22(29)19(26-34(2,3)4)18-14-12-11-13-15-18/h11-15,19,21,24,26H,16H2,1-10H3. The molecule has 1 saturated heterocycles. The van der Waals surface area contributed by atoms with E-state index in [0.29, 0.717) is 11.4 Å². The highest BCUT2D eigenvalue weighted by atomic mass is 32.2. The molecular weight excluding hydrogens is 523 g/mol. The second-order valence-electron chi connectivity index (χ2n) is 12.6. The van der Waals surface area contributed by atoms with Gasteiger partial charge >= 0.3 is 5.97 Å². The molecule has 2 heterocycles. The van der Waals surface area contributed by atoms with Gasteiger partial charge in [-0.1, -0.05) is 69.6 Å². The number of amides is 2. The van der Waals surface area contributed by atoms with Crippen molar-refractivity contribution in [1.29, 1.82) is 0 Å². The highest BCUT2D eigenvalue weighted by Crippen LogP contribution is 2.44. The van der Waals surface area contributed by atoms with E-state index in [4.69, 9.17) is 4.43 Å². The van der Waals surface area contributed by atoms with Crippen LogP contribution in [0.3, 0.4) is 0 Å². The number of hydrogen-bond acceptors (Lipinski definition) is 6. The van der Waals surface area contributed by atoms with Crippen molar-refractivity contribution in [3.8, 4) is 0 Å². The van der Waals surface area contributed by atoms with Crippen LogP contribution in [-0.4, -0.2) is 69.2 Å². The lowest BCUT2D eigenvalue weighted by Crippen LogP contribution is -2.75. The fourth-order valence-electron chi connectivity index (χ4n) is 4.56. The highest BCUT2D eigenvalue weighted by molar-refractivity contribution is 8.00. The van der Waals surface area contributed by atoms with E-state index >= 15 is 0 Å². The van der Waals surface area contributed by atoms with E-state index in [2.05, 4.69) is 44.3 Å². The molecule has 0 spiro atoms. The molecule has 2 aliphatic rings. The summed E-state index contributed by atoms with van der Waals surface area (Å²) in [6.45, 7) is 20.6. The Labute approximate surface area is 223 Å². The summed E-state index contributed by atoms with van der Waals surface area (Å²) in [7, 11) is -6.29. The molecule has 3 unspecified atom stereocenters. The number of rotatable bonds is 8. The first-order chi connectivity index (χ1) is 16.4. The predicted molar refractivity (Wildman–Crippen MR) is 155 cm³/mol. The van der Waals surface area contributed by atoms with Gasteiger partial charge in [-0.2, -0.15) is 0 Å². The van der Waals surface area contributed by atoms with Crippen LogP contribution in [0.4, 0.5) is 0 Å². The second kappa shape index (κ2) is 10.2. The lowest BCUT2D eigenvalue weighted by molar-refractivity contribution is -0.156. The Morgan fingerprint density at radius 1 is 1.06 bits per heavy atom. The molecule has 0 saturated carbocycles. The Bertz CT molecular complexity index is 1060. The Morgan fingerprint density at radius 2 is 1.64 bits per heavy atom. The van der Waals surface area contributed by atoms with Crippen LogP contribution in [0.2, 0.25) is 58.9 Å². The third kappa shape index (κ3) is 6.24. The number of hydrogen-bond donors (Lipinski definition) is 1. The Hall–Kier alpha value is -1.67. The molecule has 3 rings (SSSR count). The van der Waals surface area contributed by atoms with Crippen LogP contribution in [0.5, 0.6) is 0 Å². The second-order valence-corrected chi connectivity index (χ2v) is 27.7. The number of thioether (sulfide) groups is 1. The molecule has 3 atom stereocenters. The molecule has 0 aromatic heterocycles. The molecule has 11 heteroatoms. The number of β-lactam (4-membered cyclic amide) rings is 1. The van der Waals surface area contributed by atoms with Gasteiger partial charge in [0.2, 0.25) is 14.2 Å². The Kier molecular flexibility index (Phi) is 8.22. The van der Waals surface area contributed by atoms with Crippen LogP contribution in [-0.2, 0) is 18.8 Å². The molecule has 0 radical (unpaired) electrons. The smallest absolute Gasteiger partial charge is 0.341 e. The fraction of sp³-hybridized carbons (Fsp3) is 0.560. The summed E-state index contributed by atoms with van der Waals surface area (Å²) in [6.07, 6.45) is 0. The molecule has 2 aliphatic heterocycles. The predicted octanol–water partition coefficient (Wildman–Crippen LogP) is 4.75. The molecule has 1 N–H and O–H groups in total. The van der Waals surface area contributed by atoms with Gasteiger partial charge < -0.3 is 14.0 Å². The number of fused-ring (bicyclic) bond motifs is 1. The monoisotopic (exact) mass is 563 g/mol. The quantitative estimate of drug-likeness (QED) is 0.363. The molecule has 1 fully saturated rings. The van der Waals surface area contributed by atoms with E-state index in [-0.39, 0.29) is 17.2 Å². The van der Waals surface area contributed by atoms with E-state index in [1.54, 1.807) is 16.7 Å². The van der Waals surface area contributed by atoms with Gasteiger partial charge in [0.15, 0.2) is 8.24 Å². The summed E-state index contributed by atoms with van der Waals surface area (Å²) in [5.41, 5.74) is 2.12. The van der Waals surface area contributed by atoms with Gasteiger partial charge in [0.1, 0.15) is 31.4 Å². The SMILES string of the molecule is CC1=C(C(=O)O[Si](C)(C)C)N2C(=O)C(N(C(=O)C(N[Si](C)(C)C)c3ccccc3)[Si](C)(C)C)C2SC1. The number of carbonyl (C=O) groups is 3. The van der Waals surface area contributed by atoms with E-state index in [9.17, 15) is 14.4 Å². The maximum absolute atomic E-state index is 14.3. The molecule has 1 aromatic rings. The normalized spacial score (nSPS) is 21.5. The van der Waals surface area contributed by atoms with Crippen LogP contribution in [0.25, 0.3) is 0 Å². The van der Waals surface area contributed by atoms with Gasteiger partial charge in [-0.25, -0.2) is 4.79 Å². The zero-order chi connectivity index (χ0) is 27.2. The van der Waals surface area contributed by atoms with Crippen LogP contribution in [0.1, 0.15) is 18.5 Å². The minimum atomic E-state index is -2.30. The van der Waals surface area contributed by atoms with E-state index in [0.717, 1.165) is 11.1 Å². The van der Waals surface area contributed by atoms with Crippen molar-refractivity contribution in [2.75, 3.05) is 5.75 Å². The number of carbonyl (C=O) groups excluding carboxylic acids is 3. The lowest BCUT2D eigenvalue weighted by Gasteiger charge is -2.56. The third-order valence-electron chi connectivity index (χ3n) is 5.92. The molecule has 2 amide bonds. The van der Waals surface area contributed by atoms with Gasteiger partial charge in [-0.3, -0.25) is 14.5 Å². The minimum Gasteiger partial charge on any atom is -0.515 e. The Balaban J connectivity index is 1.98. The van der Waals surface area contributed by atoms with Crippen molar-refractivity contribution < 1.29 is 18.8 Å². The third-order valence-corrected chi connectivity index (χ3v) is 11.2. The van der Waals surface area contributed by atoms with Crippen molar-refractivity contribution in [2.24, 2.45) is 0 Å². The highest BCUT2D eigenvalue weighted by Gasteiger charge is 2.59. The first-order valence-corrected chi connectivity index (χ1v) is 23.9. The van der Waals surface area contributed by atoms with Crippen LogP contribution in [0.15, 0.2) is 41.6 Å². The van der Waals surface area contributed by atoms with Gasteiger partial charge in [0.25, 0.3) is 5.91 Å².